The standard InChI is InChI=1S/C9H11N3O5/c1-4(2-7(10)13)11-8(14)5-3-6(9(15)16)17-12-5/h3-4H,2H2,1H3,(H2,10,13)(H,11,14)(H,15,16). The molecule has 0 aliphatic carbocycles. The second-order valence-electron chi connectivity index (χ2n) is 3.43. The summed E-state index contributed by atoms with van der Waals surface area (Å²) in [5, 5.41) is 14.3. The number of carboxylic acid groups (broad SMARTS) is 1. The van der Waals surface area contributed by atoms with Crippen LogP contribution in [0.3, 0.4) is 0 Å². The zero-order valence-electron chi connectivity index (χ0n) is 8.97. The molecule has 0 bridgehead atoms. The van der Waals surface area contributed by atoms with E-state index in [2.05, 4.69) is 15.0 Å². The van der Waals surface area contributed by atoms with Crippen LogP contribution >= 0.6 is 0 Å². The van der Waals surface area contributed by atoms with Crippen molar-refractivity contribution in [3.8, 4) is 0 Å². The van der Waals surface area contributed by atoms with Gasteiger partial charge in [-0.2, -0.15) is 0 Å². The summed E-state index contributed by atoms with van der Waals surface area (Å²) in [7, 11) is 0. The minimum Gasteiger partial charge on any atom is -0.475 e. The van der Waals surface area contributed by atoms with Crippen molar-refractivity contribution < 1.29 is 24.0 Å². The number of aromatic nitrogens is 1. The molecule has 1 atom stereocenters. The van der Waals surface area contributed by atoms with Crippen molar-refractivity contribution in [1.29, 1.82) is 0 Å². The summed E-state index contributed by atoms with van der Waals surface area (Å²) in [5.74, 6) is -2.93. The topological polar surface area (TPSA) is 136 Å². The number of amides is 2. The highest BCUT2D eigenvalue weighted by Crippen LogP contribution is 2.04. The zero-order valence-corrected chi connectivity index (χ0v) is 8.97. The number of hydrogen-bond donors (Lipinski definition) is 3. The zero-order chi connectivity index (χ0) is 13.0. The number of nitrogens with two attached hydrogens (primary N) is 1. The van der Waals surface area contributed by atoms with Gasteiger partial charge in [0.1, 0.15) is 0 Å². The fraction of sp³-hybridized carbons (Fsp3) is 0.333. The maximum absolute atomic E-state index is 11.5. The highest BCUT2D eigenvalue weighted by molar-refractivity contribution is 5.95. The first kappa shape index (κ1) is 12.7. The van der Waals surface area contributed by atoms with Crippen molar-refractivity contribution >= 4 is 17.8 Å². The van der Waals surface area contributed by atoms with E-state index in [-0.39, 0.29) is 12.1 Å². The number of aromatic carboxylic acids is 1. The van der Waals surface area contributed by atoms with Crippen LogP contribution in [0.15, 0.2) is 10.6 Å². The molecular weight excluding hydrogens is 230 g/mol. The van der Waals surface area contributed by atoms with Crippen LogP contribution in [0.2, 0.25) is 0 Å². The molecule has 92 valence electrons. The molecule has 1 rings (SSSR count). The summed E-state index contributed by atoms with van der Waals surface area (Å²) >= 11 is 0. The van der Waals surface area contributed by atoms with Crippen LogP contribution in [-0.2, 0) is 4.79 Å². The molecule has 0 aliphatic heterocycles. The van der Waals surface area contributed by atoms with Crippen LogP contribution in [0, 0.1) is 0 Å². The molecule has 1 unspecified atom stereocenters. The molecule has 8 heteroatoms. The fourth-order valence-electron chi connectivity index (χ4n) is 1.13. The Kier molecular flexibility index (Phi) is 3.81. The van der Waals surface area contributed by atoms with Crippen LogP contribution in [0.25, 0.3) is 0 Å². The van der Waals surface area contributed by atoms with Gasteiger partial charge in [0.05, 0.1) is 0 Å². The van der Waals surface area contributed by atoms with Gasteiger partial charge in [-0.1, -0.05) is 5.16 Å². The van der Waals surface area contributed by atoms with E-state index in [0.29, 0.717) is 0 Å². The Labute approximate surface area is 95.8 Å². The molecule has 2 amide bonds. The smallest absolute Gasteiger partial charge is 0.374 e. The lowest BCUT2D eigenvalue weighted by Gasteiger charge is -2.09. The molecule has 1 aromatic rings. The summed E-state index contributed by atoms with van der Waals surface area (Å²) in [6, 6.07) is 0.527. The molecule has 1 aromatic heterocycles. The monoisotopic (exact) mass is 241 g/mol. The van der Waals surface area contributed by atoms with Gasteiger partial charge in [-0.25, -0.2) is 4.79 Å². The summed E-state index contributed by atoms with van der Waals surface area (Å²) in [4.78, 5) is 32.6. The quantitative estimate of drug-likeness (QED) is 0.627. The number of nitrogens with one attached hydrogen (secondary N) is 1. The number of nitrogens with zero attached hydrogens (tertiary/aromatic N) is 1. The normalized spacial score (nSPS) is 11.8. The number of hydrogen-bond acceptors (Lipinski definition) is 5. The lowest BCUT2D eigenvalue weighted by Crippen LogP contribution is -2.35. The third-order valence-electron chi connectivity index (χ3n) is 1.84. The van der Waals surface area contributed by atoms with E-state index in [1.54, 1.807) is 6.92 Å². The molecule has 0 saturated heterocycles. The predicted molar refractivity (Wildman–Crippen MR) is 54.2 cm³/mol. The van der Waals surface area contributed by atoms with Gasteiger partial charge in [0.15, 0.2) is 5.69 Å². The minimum atomic E-state index is -1.32. The molecule has 1 heterocycles. The molecule has 17 heavy (non-hydrogen) atoms. The molecular formula is C9H11N3O5. The summed E-state index contributed by atoms with van der Waals surface area (Å²) in [6.45, 7) is 1.58. The Morgan fingerprint density at radius 2 is 2.24 bits per heavy atom. The predicted octanol–water partition coefficient (Wildman–Crippen LogP) is -0.634. The Morgan fingerprint density at radius 1 is 1.59 bits per heavy atom. The lowest BCUT2D eigenvalue weighted by atomic mass is 10.2. The van der Waals surface area contributed by atoms with Gasteiger partial charge in [-0.05, 0) is 6.92 Å². The maximum Gasteiger partial charge on any atom is 0.374 e. The molecule has 0 spiro atoms. The van der Waals surface area contributed by atoms with E-state index in [0.717, 1.165) is 6.07 Å². The highest BCUT2D eigenvalue weighted by Gasteiger charge is 2.18. The van der Waals surface area contributed by atoms with Crippen molar-refractivity contribution in [1.82, 2.24) is 10.5 Å². The van der Waals surface area contributed by atoms with Crippen molar-refractivity contribution in [3.63, 3.8) is 0 Å². The Balaban J connectivity index is 2.63. The van der Waals surface area contributed by atoms with Crippen LogP contribution < -0.4 is 11.1 Å². The highest BCUT2D eigenvalue weighted by atomic mass is 16.5. The van der Waals surface area contributed by atoms with Gasteiger partial charge >= 0.3 is 5.97 Å². The van der Waals surface area contributed by atoms with E-state index in [1.807, 2.05) is 0 Å². The maximum atomic E-state index is 11.5. The number of carbonyl (C=O) groups excluding carboxylic acids is 2. The van der Waals surface area contributed by atoms with Crippen molar-refractivity contribution in [2.45, 2.75) is 19.4 Å². The van der Waals surface area contributed by atoms with Crippen molar-refractivity contribution in [2.24, 2.45) is 5.73 Å². The third-order valence-corrected chi connectivity index (χ3v) is 1.84. The van der Waals surface area contributed by atoms with Crippen LogP contribution in [0.1, 0.15) is 34.4 Å². The SMILES string of the molecule is CC(CC(N)=O)NC(=O)c1cc(C(=O)O)on1. The number of primary amides is 1. The third kappa shape index (κ3) is 3.59. The summed E-state index contributed by atoms with van der Waals surface area (Å²) in [5.41, 5.74) is 4.78. The molecule has 0 fully saturated rings. The first-order valence-corrected chi connectivity index (χ1v) is 4.69. The molecule has 0 aliphatic rings. The van der Waals surface area contributed by atoms with E-state index in [9.17, 15) is 14.4 Å². The summed E-state index contributed by atoms with van der Waals surface area (Å²) < 4.78 is 4.41. The fourth-order valence-corrected chi connectivity index (χ4v) is 1.13. The van der Waals surface area contributed by atoms with Crippen molar-refractivity contribution in [2.75, 3.05) is 0 Å². The van der Waals surface area contributed by atoms with E-state index < -0.39 is 29.6 Å². The number of carbonyl (C=O) groups is 3. The molecule has 4 N–H and O–H groups in total. The van der Waals surface area contributed by atoms with Crippen LogP contribution in [-0.4, -0.2) is 34.1 Å². The van der Waals surface area contributed by atoms with E-state index in [4.69, 9.17) is 10.8 Å². The van der Waals surface area contributed by atoms with E-state index >= 15 is 0 Å². The van der Waals surface area contributed by atoms with Gasteiger partial charge in [-0.3, -0.25) is 9.59 Å². The average molecular weight is 241 g/mol. The van der Waals surface area contributed by atoms with Crippen molar-refractivity contribution in [3.05, 3.63) is 17.5 Å². The van der Waals surface area contributed by atoms with Gasteiger partial charge in [0.25, 0.3) is 5.91 Å². The average Bonchev–Trinajstić information content (AvgIpc) is 2.64. The number of rotatable bonds is 5. The lowest BCUT2D eigenvalue weighted by molar-refractivity contribution is -0.118. The first-order chi connectivity index (χ1) is 7.90. The summed E-state index contributed by atoms with van der Waals surface area (Å²) in [6.07, 6.45) is -0.0185. The van der Waals surface area contributed by atoms with Gasteiger partial charge in [0, 0.05) is 18.5 Å². The second kappa shape index (κ2) is 5.10. The van der Waals surface area contributed by atoms with Gasteiger partial charge in [-0.15, -0.1) is 0 Å². The molecule has 0 radical (unpaired) electrons. The number of carboxylic acids is 1. The largest absolute Gasteiger partial charge is 0.475 e. The van der Waals surface area contributed by atoms with E-state index in [1.165, 1.54) is 0 Å². The first-order valence-electron chi connectivity index (χ1n) is 4.69. The Hall–Kier alpha value is -2.38. The Morgan fingerprint density at radius 3 is 2.71 bits per heavy atom. The second-order valence-corrected chi connectivity index (χ2v) is 3.43. The van der Waals surface area contributed by atoms with Crippen LogP contribution in [0.4, 0.5) is 0 Å². The molecule has 0 saturated carbocycles. The molecule has 8 nitrogen and oxygen atoms in total. The Bertz CT molecular complexity index is 453. The van der Waals surface area contributed by atoms with Gasteiger partial charge in [0.2, 0.25) is 11.7 Å². The minimum absolute atomic E-state index is 0.0185. The van der Waals surface area contributed by atoms with Gasteiger partial charge < -0.3 is 20.7 Å². The van der Waals surface area contributed by atoms with Crippen LogP contribution in [0.5, 0.6) is 0 Å². The molecule has 0 aromatic carbocycles.